The first-order chi connectivity index (χ1) is 12.6. The van der Waals surface area contributed by atoms with Gasteiger partial charge in [0, 0.05) is 6.07 Å². The van der Waals surface area contributed by atoms with E-state index in [0.29, 0.717) is 27.9 Å². The van der Waals surface area contributed by atoms with E-state index in [1.54, 1.807) is 51.7 Å². The highest BCUT2D eigenvalue weighted by Gasteiger charge is 2.13. The topological polar surface area (TPSA) is 78.9 Å². The molecule has 0 aliphatic carbocycles. The maximum absolute atomic E-state index is 12.1. The number of hydrogen-bond donors (Lipinski definition) is 1. The molecule has 0 radical (unpaired) electrons. The summed E-state index contributed by atoms with van der Waals surface area (Å²) < 4.78 is 22.0. The van der Waals surface area contributed by atoms with Crippen molar-refractivity contribution in [3.63, 3.8) is 0 Å². The van der Waals surface area contributed by atoms with Crippen LogP contribution in [0.3, 0.4) is 0 Å². The molecule has 1 amide bonds. The van der Waals surface area contributed by atoms with Gasteiger partial charge in [-0.2, -0.15) is 0 Å². The summed E-state index contributed by atoms with van der Waals surface area (Å²) in [5.41, 5.74) is 0.671. The highest BCUT2D eigenvalue weighted by molar-refractivity contribution is 7.22. The Morgan fingerprint density at radius 3 is 2.35 bits per heavy atom. The number of hydrogen-bond acceptors (Lipinski definition) is 7. The molecule has 1 N–H and O–H groups in total. The summed E-state index contributed by atoms with van der Waals surface area (Å²) in [6.45, 7) is -0.122. The van der Waals surface area contributed by atoms with E-state index < -0.39 is 0 Å². The van der Waals surface area contributed by atoms with Gasteiger partial charge in [-0.3, -0.25) is 10.1 Å². The molecule has 1 aromatic heterocycles. The lowest BCUT2D eigenvalue weighted by molar-refractivity contribution is -0.118. The summed E-state index contributed by atoms with van der Waals surface area (Å²) in [6, 6.07) is 10.6. The number of amides is 1. The lowest BCUT2D eigenvalue weighted by atomic mass is 10.3. The van der Waals surface area contributed by atoms with Crippen LogP contribution in [0.5, 0.6) is 23.0 Å². The van der Waals surface area contributed by atoms with Crippen LogP contribution >= 0.6 is 11.3 Å². The molecule has 0 spiro atoms. The first kappa shape index (κ1) is 17.8. The van der Waals surface area contributed by atoms with Crippen LogP contribution in [0.2, 0.25) is 0 Å². The highest BCUT2D eigenvalue weighted by Crippen LogP contribution is 2.36. The van der Waals surface area contributed by atoms with Crippen LogP contribution < -0.4 is 24.3 Å². The van der Waals surface area contributed by atoms with Gasteiger partial charge in [0.25, 0.3) is 5.91 Å². The van der Waals surface area contributed by atoms with E-state index in [2.05, 4.69) is 10.3 Å². The molecule has 2 aromatic carbocycles. The van der Waals surface area contributed by atoms with Crippen LogP contribution in [0.25, 0.3) is 10.2 Å². The van der Waals surface area contributed by atoms with Crippen LogP contribution in [0.1, 0.15) is 0 Å². The van der Waals surface area contributed by atoms with Crippen molar-refractivity contribution in [1.29, 1.82) is 0 Å². The molecule has 0 aliphatic rings. The van der Waals surface area contributed by atoms with Gasteiger partial charge < -0.3 is 18.9 Å². The van der Waals surface area contributed by atoms with Gasteiger partial charge in [0.2, 0.25) is 0 Å². The van der Waals surface area contributed by atoms with Crippen molar-refractivity contribution >= 4 is 32.6 Å². The highest BCUT2D eigenvalue weighted by atomic mass is 32.1. The average molecular weight is 374 g/mol. The minimum Gasteiger partial charge on any atom is -0.497 e. The number of anilines is 1. The summed E-state index contributed by atoms with van der Waals surface area (Å²) in [5.74, 6) is 2.26. The van der Waals surface area contributed by atoms with E-state index in [1.165, 1.54) is 11.3 Å². The van der Waals surface area contributed by atoms with Gasteiger partial charge in [-0.1, -0.05) is 11.3 Å². The van der Waals surface area contributed by atoms with Gasteiger partial charge in [-0.15, -0.1) is 0 Å². The normalized spacial score (nSPS) is 10.4. The second-order valence-electron chi connectivity index (χ2n) is 5.21. The van der Waals surface area contributed by atoms with Crippen molar-refractivity contribution in [2.45, 2.75) is 0 Å². The van der Waals surface area contributed by atoms with Gasteiger partial charge in [-0.25, -0.2) is 4.98 Å². The van der Waals surface area contributed by atoms with E-state index in [-0.39, 0.29) is 12.5 Å². The van der Waals surface area contributed by atoms with E-state index in [9.17, 15) is 4.79 Å². The van der Waals surface area contributed by atoms with Crippen LogP contribution in [-0.2, 0) is 4.79 Å². The van der Waals surface area contributed by atoms with Crippen LogP contribution in [-0.4, -0.2) is 38.8 Å². The molecule has 0 aliphatic heterocycles. The van der Waals surface area contributed by atoms with Crippen LogP contribution in [0.4, 0.5) is 5.13 Å². The molecule has 0 bridgehead atoms. The molecule has 0 saturated carbocycles. The quantitative estimate of drug-likeness (QED) is 0.683. The van der Waals surface area contributed by atoms with Crippen molar-refractivity contribution in [3.05, 3.63) is 36.4 Å². The number of aromatic nitrogens is 1. The minimum absolute atomic E-state index is 0.122. The van der Waals surface area contributed by atoms with Crippen molar-refractivity contribution in [2.75, 3.05) is 33.3 Å². The Kier molecular flexibility index (Phi) is 5.43. The molecule has 0 saturated heterocycles. The van der Waals surface area contributed by atoms with Crippen molar-refractivity contribution in [2.24, 2.45) is 0 Å². The lowest BCUT2D eigenvalue weighted by Crippen LogP contribution is -2.19. The van der Waals surface area contributed by atoms with Gasteiger partial charge in [0.1, 0.15) is 28.5 Å². The number of nitrogens with one attached hydrogen (secondary N) is 1. The van der Waals surface area contributed by atoms with E-state index in [0.717, 1.165) is 10.4 Å². The Balaban J connectivity index is 1.66. The van der Waals surface area contributed by atoms with E-state index in [4.69, 9.17) is 18.9 Å². The van der Waals surface area contributed by atoms with Gasteiger partial charge in [-0.05, 0) is 30.3 Å². The fourth-order valence-electron chi connectivity index (χ4n) is 2.28. The standard InChI is InChI=1S/C18H18N2O5S/c1-22-11-4-6-12(7-5-11)25-10-16(21)19-18-20-17-14(24-3)8-13(23-2)9-15(17)26-18/h4-9H,10H2,1-3H3,(H,19,20,21). The molecule has 0 fully saturated rings. The maximum atomic E-state index is 12.1. The zero-order chi connectivity index (χ0) is 18.5. The Bertz CT molecular complexity index is 908. The SMILES string of the molecule is COc1ccc(OCC(=O)Nc2nc3c(OC)cc(OC)cc3s2)cc1. The van der Waals surface area contributed by atoms with Gasteiger partial charge in [0.05, 0.1) is 26.0 Å². The summed E-state index contributed by atoms with van der Waals surface area (Å²) >= 11 is 1.34. The fourth-order valence-corrected chi connectivity index (χ4v) is 3.21. The second-order valence-corrected chi connectivity index (χ2v) is 6.24. The molecule has 136 valence electrons. The third-order valence-electron chi connectivity index (χ3n) is 3.56. The Morgan fingerprint density at radius 1 is 1.00 bits per heavy atom. The number of methoxy groups -OCH3 is 3. The molecule has 3 aromatic rings. The largest absolute Gasteiger partial charge is 0.497 e. The fraction of sp³-hybridized carbons (Fsp3) is 0.222. The molecule has 1 heterocycles. The van der Waals surface area contributed by atoms with Crippen molar-refractivity contribution in [3.8, 4) is 23.0 Å². The van der Waals surface area contributed by atoms with Gasteiger partial charge in [0.15, 0.2) is 11.7 Å². The molecular weight excluding hydrogens is 356 g/mol. The third-order valence-corrected chi connectivity index (χ3v) is 4.48. The molecule has 7 nitrogen and oxygen atoms in total. The smallest absolute Gasteiger partial charge is 0.264 e. The maximum Gasteiger partial charge on any atom is 0.264 e. The predicted molar refractivity (Wildman–Crippen MR) is 99.8 cm³/mol. The molecule has 0 unspecified atom stereocenters. The molecule has 0 atom stereocenters. The minimum atomic E-state index is -0.300. The number of fused-ring (bicyclic) bond motifs is 1. The predicted octanol–water partition coefficient (Wildman–Crippen LogP) is 3.34. The summed E-state index contributed by atoms with van der Waals surface area (Å²) in [7, 11) is 4.74. The number of benzene rings is 2. The summed E-state index contributed by atoms with van der Waals surface area (Å²) in [6.07, 6.45) is 0. The van der Waals surface area contributed by atoms with Crippen molar-refractivity contribution < 1.29 is 23.7 Å². The van der Waals surface area contributed by atoms with Crippen molar-refractivity contribution in [1.82, 2.24) is 4.98 Å². The Hall–Kier alpha value is -3.00. The first-order valence-electron chi connectivity index (χ1n) is 7.72. The van der Waals surface area contributed by atoms with Crippen LogP contribution in [0.15, 0.2) is 36.4 Å². The Labute approximate surface area is 154 Å². The summed E-state index contributed by atoms with van der Waals surface area (Å²) in [5, 5.41) is 3.20. The number of carbonyl (C=O) groups excluding carboxylic acids is 1. The third kappa shape index (κ3) is 3.97. The van der Waals surface area contributed by atoms with Crippen LogP contribution in [0, 0.1) is 0 Å². The van der Waals surface area contributed by atoms with E-state index >= 15 is 0 Å². The molecule has 8 heteroatoms. The number of nitrogens with zero attached hydrogens (tertiary/aromatic N) is 1. The number of ether oxygens (including phenoxy) is 4. The number of rotatable bonds is 7. The lowest BCUT2D eigenvalue weighted by Gasteiger charge is -2.06. The zero-order valence-corrected chi connectivity index (χ0v) is 15.4. The molecular formula is C18H18N2O5S. The number of thiazole rings is 1. The zero-order valence-electron chi connectivity index (χ0n) is 14.6. The summed E-state index contributed by atoms with van der Waals surface area (Å²) in [4.78, 5) is 16.5. The van der Waals surface area contributed by atoms with Gasteiger partial charge >= 0.3 is 0 Å². The molecule has 3 rings (SSSR count). The Morgan fingerprint density at radius 2 is 1.69 bits per heavy atom. The average Bonchev–Trinajstić information content (AvgIpc) is 3.08. The number of carbonyl (C=O) groups is 1. The molecule has 26 heavy (non-hydrogen) atoms. The second kappa shape index (κ2) is 7.92. The first-order valence-corrected chi connectivity index (χ1v) is 8.54. The monoisotopic (exact) mass is 374 g/mol. The van der Waals surface area contributed by atoms with E-state index in [1.807, 2.05) is 6.07 Å².